The fourth-order valence-electron chi connectivity index (χ4n) is 0.976. The monoisotopic (exact) mass is 194 g/mol. The van der Waals surface area contributed by atoms with Gasteiger partial charge in [0.15, 0.2) is 0 Å². The average molecular weight is 194 g/mol. The van der Waals surface area contributed by atoms with Crippen LogP contribution in [-0.2, 0) is 9.53 Å². The molecule has 14 heavy (non-hydrogen) atoms. The second-order valence-corrected chi connectivity index (χ2v) is 2.72. The van der Waals surface area contributed by atoms with E-state index in [1.807, 2.05) is 18.3 Å². The van der Waals surface area contributed by atoms with Crippen molar-refractivity contribution in [3.63, 3.8) is 0 Å². The number of carbonyl (C=O) groups excluding carboxylic acids is 1. The Morgan fingerprint density at radius 2 is 2.57 bits per heavy atom. The van der Waals surface area contributed by atoms with Gasteiger partial charge in [-0.05, 0) is 19.1 Å². The fourth-order valence-corrected chi connectivity index (χ4v) is 0.976. The summed E-state index contributed by atoms with van der Waals surface area (Å²) in [6, 6.07) is 3.81. The Labute approximate surface area is 83.0 Å². The molecule has 0 radical (unpaired) electrons. The van der Waals surface area contributed by atoms with Crippen molar-refractivity contribution in [3.05, 3.63) is 24.0 Å². The summed E-state index contributed by atoms with van der Waals surface area (Å²) in [6.07, 6.45) is 3.87. The Balaban J connectivity index is 2.18. The van der Waals surface area contributed by atoms with E-state index in [4.69, 9.17) is 4.74 Å². The number of aromatic nitrogens is 1. The van der Waals surface area contributed by atoms with Crippen molar-refractivity contribution >= 4 is 12.2 Å². The highest BCUT2D eigenvalue weighted by Crippen LogP contribution is 1.91. The van der Waals surface area contributed by atoms with Crippen LogP contribution in [0.1, 0.15) is 19.0 Å². The van der Waals surface area contributed by atoms with Crippen molar-refractivity contribution in [3.8, 4) is 0 Å². The Bertz CT molecular complexity index is 291. The number of esters is 1. The predicted octanol–water partition coefficient (Wildman–Crippen LogP) is 1.39. The number of hydrogen-bond acceptors (Lipinski definition) is 3. The lowest BCUT2D eigenvalue weighted by Crippen LogP contribution is -2.05. The zero-order valence-electron chi connectivity index (χ0n) is 8.19. The second-order valence-electron chi connectivity index (χ2n) is 2.72. The Morgan fingerprint density at radius 3 is 3.21 bits per heavy atom. The predicted molar refractivity (Wildman–Crippen MR) is 54.5 cm³/mol. The number of aromatic amines is 1. The molecule has 0 aromatic carbocycles. The average Bonchev–Trinajstić information content (AvgIpc) is 2.65. The fraction of sp³-hybridized carbons (Fsp3) is 0.400. The van der Waals surface area contributed by atoms with Gasteiger partial charge in [0.05, 0.1) is 18.7 Å². The van der Waals surface area contributed by atoms with E-state index in [2.05, 4.69) is 9.98 Å². The number of rotatable bonds is 5. The van der Waals surface area contributed by atoms with E-state index < -0.39 is 0 Å². The molecule has 0 spiro atoms. The molecule has 1 heterocycles. The molecule has 1 N–H and O–H groups in total. The van der Waals surface area contributed by atoms with Crippen molar-refractivity contribution in [2.75, 3.05) is 13.2 Å². The van der Waals surface area contributed by atoms with E-state index in [0.717, 1.165) is 5.69 Å². The molecule has 0 aliphatic carbocycles. The van der Waals surface area contributed by atoms with Gasteiger partial charge in [-0.1, -0.05) is 0 Å². The minimum Gasteiger partial charge on any atom is -0.466 e. The summed E-state index contributed by atoms with van der Waals surface area (Å²) in [5.41, 5.74) is 0.939. The summed E-state index contributed by atoms with van der Waals surface area (Å²) in [5.74, 6) is -0.198. The van der Waals surface area contributed by atoms with Crippen LogP contribution in [0.15, 0.2) is 23.3 Å². The number of nitrogens with one attached hydrogen (secondary N) is 1. The highest BCUT2D eigenvalue weighted by molar-refractivity contribution is 5.77. The molecule has 0 atom stereocenters. The third-order valence-corrected chi connectivity index (χ3v) is 1.60. The first kappa shape index (κ1) is 10.5. The molecule has 0 amide bonds. The zero-order valence-corrected chi connectivity index (χ0v) is 8.19. The van der Waals surface area contributed by atoms with Crippen LogP contribution in [0.5, 0.6) is 0 Å². The van der Waals surface area contributed by atoms with Gasteiger partial charge in [-0.2, -0.15) is 0 Å². The van der Waals surface area contributed by atoms with Crippen LogP contribution < -0.4 is 0 Å². The third kappa shape index (κ3) is 3.89. The van der Waals surface area contributed by atoms with Gasteiger partial charge in [0.1, 0.15) is 0 Å². The number of carbonyl (C=O) groups is 1. The van der Waals surface area contributed by atoms with E-state index in [1.165, 1.54) is 0 Å². The molecule has 76 valence electrons. The van der Waals surface area contributed by atoms with Crippen LogP contribution in [-0.4, -0.2) is 30.3 Å². The van der Waals surface area contributed by atoms with Crippen molar-refractivity contribution in [2.45, 2.75) is 13.3 Å². The van der Waals surface area contributed by atoms with Gasteiger partial charge < -0.3 is 9.72 Å². The summed E-state index contributed by atoms with van der Waals surface area (Å²) in [5, 5.41) is 0. The van der Waals surface area contributed by atoms with E-state index in [1.54, 1.807) is 13.1 Å². The van der Waals surface area contributed by atoms with Crippen LogP contribution in [0.3, 0.4) is 0 Å². The van der Waals surface area contributed by atoms with Gasteiger partial charge in [-0.25, -0.2) is 0 Å². The number of nitrogens with zero attached hydrogens (tertiary/aromatic N) is 1. The first-order valence-electron chi connectivity index (χ1n) is 4.61. The Morgan fingerprint density at radius 1 is 1.71 bits per heavy atom. The maximum absolute atomic E-state index is 10.9. The summed E-state index contributed by atoms with van der Waals surface area (Å²) in [4.78, 5) is 18.0. The summed E-state index contributed by atoms with van der Waals surface area (Å²) in [7, 11) is 0. The standard InChI is InChI=1S/C10H14N2O2/c1-2-14-10(13)5-7-11-8-9-4-3-6-12-9/h3-4,6,8,12H,2,5,7H2,1H3. The van der Waals surface area contributed by atoms with Crippen LogP contribution in [0, 0.1) is 0 Å². The summed E-state index contributed by atoms with van der Waals surface area (Å²) >= 11 is 0. The van der Waals surface area contributed by atoms with E-state index in [9.17, 15) is 4.79 Å². The minimum atomic E-state index is -0.198. The largest absolute Gasteiger partial charge is 0.466 e. The molecule has 0 aliphatic rings. The van der Waals surface area contributed by atoms with Gasteiger partial charge in [0.25, 0.3) is 0 Å². The van der Waals surface area contributed by atoms with Gasteiger partial charge >= 0.3 is 5.97 Å². The lowest BCUT2D eigenvalue weighted by molar-refractivity contribution is -0.142. The topological polar surface area (TPSA) is 54.4 Å². The van der Waals surface area contributed by atoms with Crippen molar-refractivity contribution in [2.24, 2.45) is 4.99 Å². The van der Waals surface area contributed by atoms with Crippen LogP contribution in [0.2, 0.25) is 0 Å². The molecule has 1 aromatic heterocycles. The van der Waals surface area contributed by atoms with Gasteiger partial charge in [-0.3, -0.25) is 9.79 Å². The molecule has 1 aromatic rings. The van der Waals surface area contributed by atoms with Crippen LogP contribution in [0.25, 0.3) is 0 Å². The molecule has 0 unspecified atom stereocenters. The molecule has 0 aliphatic heterocycles. The number of aliphatic imine (C=N–C) groups is 1. The van der Waals surface area contributed by atoms with Crippen molar-refractivity contribution in [1.82, 2.24) is 4.98 Å². The molecule has 4 heteroatoms. The molecular weight excluding hydrogens is 180 g/mol. The Kier molecular flexibility index (Phi) is 4.47. The van der Waals surface area contributed by atoms with E-state index >= 15 is 0 Å². The molecule has 4 nitrogen and oxygen atoms in total. The maximum Gasteiger partial charge on any atom is 0.307 e. The van der Waals surface area contributed by atoms with Gasteiger partial charge in [-0.15, -0.1) is 0 Å². The molecule has 1 rings (SSSR count). The zero-order chi connectivity index (χ0) is 10.2. The number of H-pyrrole nitrogens is 1. The van der Waals surface area contributed by atoms with E-state index in [0.29, 0.717) is 19.6 Å². The molecule has 0 saturated carbocycles. The highest BCUT2D eigenvalue weighted by atomic mass is 16.5. The lowest BCUT2D eigenvalue weighted by atomic mass is 10.4. The number of ether oxygens (including phenoxy) is 1. The number of hydrogen-bond donors (Lipinski definition) is 1. The van der Waals surface area contributed by atoms with Crippen LogP contribution in [0.4, 0.5) is 0 Å². The molecule has 0 fully saturated rings. The molecule has 0 saturated heterocycles. The minimum absolute atomic E-state index is 0.198. The van der Waals surface area contributed by atoms with Gasteiger partial charge in [0.2, 0.25) is 0 Å². The summed E-state index contributed by atoms with van der Waals surface area (Å²) < 4.78 is 4.76. The smallest absolute Gasteiger partial charge is 0.307 e. The van der Waals surface area contributed by atoms with Crippen molar-refractivity contribution < 1.29 is 9.53 Å². The normalized spacial score (nSPS) is 10.6. The van der Waals surface area contributed by atoms with Crippen molar-refractivity contribution in [1.29, 1.82) is 0 Å². The third-order valence-electron chi connectivity index (χ3n) is 1.60. The first-order valence-corrected chi connectivity index (χ1v) is 4.61. The molecular formula is C10H14N2O2. The summed E-state index contributed by atoms with van der Waals surface area (Å²) in [6.45, 7) is 2.69. The van der Waals surface area contributed by atoms with E-state index in [-0.39, 0.29) is 5.97 Å². The maximum atomic E-state index is 10.9. The second kappa shape index (κ2) is 5.96. The first-order chi connectivity index (χ1) is 6.83. The lowest BCUT2D eigenvalue weighted by Gasteiger charge is -1.97. The Hall–Kier alpha value is -1.58. The SMILES string of the molecule is CCOC(=O)CCN=Cc1ccc[nH]1. The highest BCUT2D eigenvalue weighted by Gasteiger charge is 1.98. The van der Waals surface area contributed by atoms with Gasteiger partial charge in [0, 0.05) is 19.0 Å². The quantitative estimate of drug-likeness (QED) is 0.568. The molecule has 0 bridgehead atoms. The van der Waals surface area contributed by atoms with Crippen LogP contribution >= 0.6 is 0 Å².